The Morgan fingerprint density at radius 3 is 2.28 bits per heavy atom. The van der Waals surface area contributed by atoms with Gasteiger partial charge in [-0.25, -0.2) is 9.18 Å². The van der Waals surface area contributed by atoms with E-state index in [4.69, 9.17) is 9.47 Å². The van der Waals surface area contributed by atoms with Crippen molar-refractivity contribution >= 4 is 11.8 Å². The molecule has 0 aromatic heterocycles. The predicted molar refractivity (Wildman–Crippen MR) is 135 cm³/mol. The van der Waals surface area contributed by atoms with Crippen LogP contribution in [0.2, 0.25) is 0 Å². The summed E-state index contributed by atoms with van der Waals surface area (Å²) >= 11 is 0. The maximum absolute atomic E-state index is 13.8. The van der Waals surface area contributed by atoms with Crippen LogP contribution in [0.25, 0.3) is 0 Å². The maximum atomic E-state index is 13.8. The van der Waals surface area contributed by atoms with Crippen molar-refractivity contribution in [1.29, 1.82) is 0 Å². The molecule has 6 heteroatoms. The molecule has 3 aliphatic rings. The van der Waals surface area contributed by atoms with Crippen LogP contribution in [-0.2, 0) is 14.3 Å². The second kappa shape index (κ2) is 10.3. The summed E-state index contributed by atoms with van der Waals surface area (Å²) in [7, 11) is 1.63. The Balaban J connectivity index is 1.50. The Hall–Kier alpha value is -3.41. The number of benzene rings is 2. The predicted octanol–water partition coefficient (Wildman–Crippen LogP) is 6.07. The number of carbonyl (C=O) groups excluding carboxylic acids is 2. The minimum Gasteiger partial charge on any atom is -0.497 e. The van der Waals surface area contributed by atoms with Crippen LogP contribution in [0.3, 0.4) is 0 Å². The molecule has 0 bridgehead atoms. The lowest BCUT2D eigenvalue weighted by Crippen LogP contribution is -2.37. The molecule has 1 heterocycles. The molecule has 0 amide bonds. The Labute approximate surface area is 211 Å². The molecule has 1 fully saturated rings. The van der Waals surface area contributed by atoms with Crippen molar-refractivity contribution in [2.24, 2.45) is 0 Å². The third kappa shape index (κ3) is 4.81. The van der Waals surface area contributed by atoms with Crippen LogP contribution in [0.1, 0.15) is 74.8 Å². The normalized spacial score (nSPS) is 22.7. The van der Waals surface area contributed by atoms with Crippen LogP contribution in [0.5, 0.6) is 5.75 Å². The van der Waals surface area contributed by atoms with Crippen LogP contribution in [0.4, 0.5) is 4.39 Å². The number of esters is 1. The van der Waals surface area contributed by atoms with Gasteiger partial charge < -0.3 is 14.8 Å². The van der Waals surface area contributed by atoms with Crippen molar-refractivity contribution in [3.8, 4) is 5.75 Å². The lowest BCUT2D eigenvalue weighted by Gasteiger charge is -2.37. The molecule has 36 heavy (non-hydrogen) atoms. The molecule has 2 aromatic rings. The highest BCUT2D eigenvalue weighted by molar-refractivity contribution is 6.04. The van der Waals surface area contributed by atoms with Gasteiger partial charge in [-0.15, -0.1) is 0 Å². The highest BCUT2D eigenvalue weighted by atomic mass is 19.1. The molecule has 1 N–H and O–H groups in total. The summed E-state index contributed by atoms with van der Waals surface area (Å²) in [6.45, 7) is 1.86. The average molecular weight is 490 g/mol. The zero-order chi connectivity index (χ0) is 25.2. The Morgan fingerprint density at radius 2 is 1.61 bits per heavy atom. The first-order valence-corrected chi connectivity index (χ1v) is 12.8. The molecule has 2 aromatic carbocycles. The first-order chi connectivity index (χ1) is 17.4. The number of hydrogen-bond donors (Lipinski definition) is 1. The zero-order valence-electron chi connectivity index (χ0n) is 20.8. The number of ether oxygens (including phenoxy) is 2. The SMILES string of the molecule is COc1ccc(C2CC(=O)C3=C(C2)NC(C)=C(C(=O)OC2CCCCC2)C3c2ccc(F)cc2)cc1. The van der Waals surface area contributed by atoms with Gasteiger partial charge in [0.15, 0.2) is 5.78 Å². The van der Waals surface area contributed by atoms with E-state index in [-0.39, 0.29) is 23.6 Å². The van der Waals surface area contributed by atoms with E-state index < -0.39 is 11.9 Å². The number of halogens is 1. The minimum atomic E-state index is -0.581. The van der Waals surface area contributed by atoms with Gasteiger partial charge in [-0.3, -0.25) is 4.79 Å². The average Bonchev–Trinajstić information content (AvgIpc) is 2.89. The van der Waals surface area contributed by atoms with Gasteiger partial charge in [-0.2, -0.15) is 0 Å². The molecule has 1 saturated carbocycles. The number of rotatable bonds is 5. The summed E-state index contributed by atoms with van der Waals surface area (Å²) in [5, 5.41) is 3.39. The van der Waals surface area contributed by atoms with E-state index in [0.717, 1.165) is 54.7 Å². The van der Waals surface area contributed by atoms with E-state index in [1.807, 2.05) is 31.2 Å². The van der Waals surface area contributed by atoms with Crippen molar-refractivity contribution < 1.29 is 23.5 Å². The fourth-order valence-corrected chi connectivity index (χ4v) is 5.81. The fourth-order valence-electron chi connectivity index (χ4n) is 5.81. The molecule has 1 aliphatic heterocycles. The summed E-state index contributed by atoms with van der Waals surface area (Å²) in [5.41, 5.74) is 4.34. The van der Waals surface area contributed by atoms with Gasteiger partial charge in [0.1, 0.15) is 17.7 Å². The van der Waals surface area contributed by atoms with E-state index in [1.165, 1.54) is 12.1 Å². The Bertz CT molecular complexity index is 1210. The van der Waals surface area contributed by atoms with Gasteiger partial charge in [0.25, 0.3) is 0 Å². The van der Waals surface area contributed by atoms with Gasteiger partial charge in [0.05, 0.1) is 12.7 Å². The number of nitrogens with one attached hydrogen (secondary N) is 1. The summed E-state index contributed by atoms with van der Waals surface area (Å²) in [5.74, 6) is -0.544. The third-order valence-electron chi connectivity index (χ3n) is 7.66. The quantitative estimate of drug-likeness (QED) is 0.517. The number of Topliss-reactive ketones (excluding diaryl/α,β-unsaturated/α-hetero) is 1. The summed E-state index contributed by atoms with van der Waals surface area (Å²) in [6, 6.07) is 13.9. The van der Waals surface area contributed by atoms with Crippen LogP contribution in [0.15, 0.2) is 71.1 Å². The van der Waals surface area contributed by atoms with Gasteiger partial charge in [-0.1, -0.05) is 30.7 Å². The molecule has 0 saturated heterocycles. The van der Waals surface area contributed by atoms with Crippen LogP contribution in [0, 0.1) is 5.82 Å². The smallest absolute Gasteiger partial charge is 0.337 e. The van der Waals surface area contributed by atoms with Crippen LogP contribution in [-0.4, -0.2) is 25.0 Å². The lowest BCUT2D eigenvalue weighted by atomic mass is 9.71. The molecule has 5 nitrogen and oxygen atoms in total. The summed E-state index contributed by atoms with van der Waals surface area (Å²) in [4.78, 5) is 27.2. The van der Waals surface area contributed by atoms with E-state index in [1.54, 1.807) is 19.2 Å². The van der Waals surface area contributed by atoms with E-state index >= 15 is 0 Å². The topological polar surface area (TPSA) is 64.6 Å². The Kier molecular flexibility index (Phi) is 6.95. The molecule has 0 radical (unpaired) electrons. The van der Waals surface area contributed by atoms with Crippen molar-refractivity contribution in [1.82, 2.24) is 5.32 Å². The van der Waals surface area contributed by atoms with Crippen LogP contribution < -0.4 is 10.1 Å². The molecule has 2 unspecified atom stereocenters. The van der Waals surface area contributed by atoms with Gasteiger partial charge in [-0.05, 0) is 80.3 Å². The first kappa shape index (κ1) is 24.3. The van der Waals surface area contributed by atoms with Gasteiger partial charge in [0.2, 0.25) is 0 Å². The van der Waals surface area contributed by atoms with E-state index in [9.17, 15) is 14.0 Å². The summed E-state index contributed by atoms with van der Waals surface area (Å²) < 4.78 is 25.0. The van der Waals surface area contributed by atoms with Crippen molar-refractivity contribution in [2.45, 2.75) is 69.8 Å². The number of ketones is 1. The van der Waals surface area contributed by atoms with Gasteiger partial charge in [0, 0.05) is 29.3 Å². The molecule has 2 aliphatic carbocycles. The largest absolute Gasteiger partial charge is 0.497 e. The highest BCUT2D eigenvalue weighted by Gasteiger charge is 2.42. The molecule has 5 rings (SSSR count). The molecular formula is C30H32FNO4. The zero-order valence-corrected chi connectivity index (χ0v) is 20.8. The van der Waals surface area contributed by atoms with Crippen molar-refractivity contribution in [2.75, 3.05) is 7.11 Å². The standard InChI is InChI=1S/C30H32FNO4/c1-18-27(30(34)36-24-6-4-3-5-7-24)28(20-8-12-22(31)13-9-20)29-25(32-18)16-21(17-26(29)33)19-10-14-23(35-2)15-11-19/h8-15,21,24,28,32H,3-7,16-17H2,1-2H3. The monoisotopic (exact) mass is 489 g/mol. The number of allylic oxidation sites excluding steroid dienone is 3. The first-order valence-electron chi connectivity index (χ1n) is 12.8. The van der Waals surface area contributed by atoms with Crippen molar-refractivity contribution in [3.05, 3.63) is 88.0 Å². The fraction of sp³-hybridized carbons (Fsp3) is 0.400. The van der Waals surface area contributed by atoms with E-state index in [2.05, 4.69) is 5.32 Å². The Morgan fingerprint density at radius 1 is 0.944 bits per heavy atom. The summed E-state index contributed by atoms with van der Waals surface area (Å²) in [6.07, 6.45) is 5.88. The van der Waals surface area contributed by atoms with Gasteiger partial charge >= 0.3 is 5.97 Å². The number of methoxy groups -OCH3 is 1. The van der Waals surface area contributed by atoms with Crippen molar-refractivity contribution in [3.63, 3.8) is 0 Å². The highest BCUT2D eigenvalue weighted by Crippen LogP contribution is 2.46. The number of hydrogen-bond acceptors (Lipinski definition) is 5. The number of dihydropyridines is 1. The second-order valence-corrected chi connectivity index (χ2v) is 10.0. The van der Waals surface area contributed by atoms with Crippen LogP contribution >= 0.6 is 0 Å². The molecular weight excluding hydrogens is 457 g/mol. The maximum Gasteiger partial charge on any atom is 0.337 e. The second-order valence-electron chi connectivity index (χ2n) is 10.0. The minimum absolute atomic E-state index is 0.00522. The molecule has 188 valence electrons. The molecule has 0 spiro atoms. The lowest BCUT2D eigenvalue weighted by molar-refractivity contribution is -0.146. The van der Waals surface area contributed by atoms with E-state index in [0.29, 0.717) is 29.7 Å². The number of carbonyl (C=O) groups is 2. The third-order valence-corrected chi connectivity index (χ3v) is 7.66. The molecule has 2 atom stereocenters.